The molecule has 0 unspecified atom stereocenters. The molecule has 2 aliphatic rings. The largest absolute Gasteiger partial charge is 0.496 e. The Morgan fingerprint density at radius 2 is 2.04 bits per heavy atom. The third-order valence-electron chi connectivity index (χ3n) is 4.43. The maximum absolute atomic E-state index is 5.73. The molecule has 0 atom stereocenters. The van der Waals surface area contributed by atoms with Crippen molar-refractivity contribution in [3.8, 4) is 5.75 Å². The first-order valence-corrected chi connectivity index (χ1v) is 8.50. The topological polar surface area (TPSA) is 55.4 Å². The van der Waals surface area contributed by atoms with Crippen LogP contribution in [0.15, 0.2) is 6.07 Å². The van der Waals surface area contributed by atoms with Gasteiger partial charge in [0.25, 0.3) is 0 Å². The van der Waals surface area contributed by atoms with Crippen molar-refractivity contribution in [1.82, 2.24) is 10.3 Å². The smallest absolute Gasteiger partial charge is 0.133 e. The molecule has 0 radical (unpaired) electrons. The van der Waals surface area contributed by atoms with Gasteiger partial charge in [-0.3, -0.25) is 0 Å². The minimum atomic E-state index is 0. The molecule has 138 valence electrons. The average Bonchev–Trinajstić information content (AvgIpc) is 2.51. The van der Waals surface area contributed by atoms with Crippen molar-refractivity contribution in [2.24, 2.45) is 0 Å². The van der Waals surface area contributed by atoms with Crippen LogP contribution in [-0.2, 0) is 17.6 Å². The number of nitrogens with one attached hydrogen (secondary N) is 2. The molecule has 7 heteroatoms. The summed E-state index contributed by atoms with van der Waals surface area (Å²) in [5, 5.41) is 6.62. The van der Waals surface area contributed by atoms with Crippen molar-refractivity contribution in [2.75, 3.05) is 38.7 Å². The van der Waals surface area contributed by atoms with E-state index < -0.39 is 0 Å². The van der Waals surface area contributed by atoms with E-state index in [1.54, 1.807) is 7.11 Å². The fraction of sp³-hybridized carbons (Fsp3) is 0.706. The number of aromatic nitrogens is 1. The SMILES string of the molecule is COc1cc(CCCCCOC2CNC2)nc2c1CCCN2.Cl.Cl. The van der Waals surface area contributed by atoms with Crippen LogP contribution in [0.1, 0.15) is 36.9 Å². The van der Waals surface area contributed by atoms with Gasteiger partial charge >= 0.3 is 0 Å². The Balaban J connectivity index is 0.00000144. The molecule has 0 bridgehead atoms. The molecule has 3 rings (SSSR count). The van der Waals surface area contributed by atoms with Crippen LogP contribution >= 0.6 is 24.8 Å². The minimum absolute atomic E-state index is 0. The van der Waals surface area contributed by atoms with Gasteiger partial charge in [0.1, 0.15) is 11.6 Å². The molecular formula is C17H29Cl2N3O2. The number of nitrogens with zero attached hydrogens (tertiary/aromatic N) is 1. The van der Waals surface area contributed by atoms with Crippen LogP contribution in [0, 0.1) is 0 Å². The maximum Gasteiger partial charge on any atom is 0.133 e. The average molecular weight is 378 g/mol. The van der Waals surface area contributed by atoms with Crippen molar-refractivity contribution >= 4 is 30.6 Å². The molecule has 2 aliphatic heterocycles. The van der Waals surface area contributed by atoms with Crippen molar-refractivity contribution in [1.29, 1.82) is 0 Å². The Kier molecular flexibility index (Phi) is 9.74. The molecule has 0 spiro atoms. The molecule has 0 aromatic carbocycles. The molecule has 0 aliphatic carbocycles. The normalized spacial score (nSPS) is 16.0. The number of aryl methyl sites for hydroxylation is 1. The predicted octanol–water partition coefficient (Wildman–Crippen LogP) is 2.99. The van der Waals surface area contributed by atoms with E-state index in [1.165, 1.54) is 12.0 Å². The Hall–Kier alpha value is -0.750. The van der Waals surface area contributed by atoms with Gasteiger partial charge in [0.05, 0.1) is 13.2 Å². The molecule has 1 aromatic rings. The van der Waals surface area contributed by atoms with Crippen molar-refractivity contribution < 1.29 is 9.47 Å². The van der Waals surface area contributed by atoms with Gasteiger partial charge in [-0.15, -0.1) is 24.8 Å². The second kappa shape index (κ2) is 11.0. The number of hydrogen-bond donors (Lipinski definition) is 2. The Labute approximate surface area is 157 Å². The van der Waals surface area contributed by atoms with Gasteiger partial charge in [-0.05, 0) is 32.1 Å². The first-order valence-electron chi connectivity index (χ1n) is 8.50. The van der Waals surface area contributed by atoms with Crippen LogP contribution in [0.3, 0.4) is 0 Å². The summed E-state index contributed by atoms with van der Waals surface area (Å²) in [5.74, 6) is 2.02. The number of unbranched alkanes of at least 4 members (excludes halogenated alkanes) is 2. The Morgan fingerprint density at radius 1 is 1.21 bits per heavy atom. The van der Waals surface area contributed by atoms with Crippen LogP contribution in [0.5, 0.6) is 5.75 Å². The standard InChI is InChI=1S/C17H27N3O2.2ClH/c1-21-16-10-13(20-17-15(16)7-5-8-19-17)6-3-2-4-9-22-14-11-18-12-14;;/h10,14,18H,2-9,11-12H2,1H3,(H,19,20);2*1H. The fourth-order valence-electron chi connectivity index (χ4n) is 2.98. The predicted molar refractivity (Wildman–Crippen MR) is 102 cm³/mol. The van der Waals surface area contributed by atoms with Crippen LogP contribution in [0.2, 0.25) is 0 Å². The van der Waals surface area contributed by atoms with Gasteiger partial charge in [0.2, 0.25) is 0 Å². The van der Waals surface area contributed by atoms with E-state index in [1.807, 2.05) is 0 Å². The van der Waals surface area contributed by atoms with E-state index in [2.05, 4.69) is 16.7 Å². The number of methoxy groups -OCH3 is 1. The summed E-state index contributed by atoms with van der Waals surface area (Å²) < 4.78 is 11.3. The quantitative estimate of drug-likeness (QED) is 0.682. The number of rotatable bonds is 8. The number of anilines is 1. The van der Waals surface area contributed by atoms with E-state index in [0.29, 0.717) is 6.10 Å². The highest BCUT2D eigenvalue weighted by molar-refractivity contribution is 5.85. The molecule has 1 aromatic heterocycles. The lowest BCUT2D eigenvalue weighted by atomic mass is 10.0. The van der Waals surface area contributed by atoms with E-state index >= 15 is 0 Å². The lowest BCUT2D eigenvalue weighted by Crippen LogP contribution is -2.48. The molecular weight excluding hydrogens is 349 g/mol. The Bertz CT molecular complexity index is 482. The molecule has 5 nitrogen and oxygen atoms in total. The summed E-state index contributed by atoms with van der Waals surface area (Å²) in [6.45, 7) is 3.94. The summed E-state index contributed by atoms with van der Waals surface area (Å²) in [4.78, 5) is 4.76. The monoisotopic (exact) mass is 377 g/mol. The molecule has 0 saturated carbocycles. The minimum Gasteiger partial charge on any atom is -0.496 e. The zero-order valence-corrected chi connectivity index (χ0v) is 15.9. The van der Waals surface area contributed by atoms with Gasteiger partial charge in [-0.1, -0.05) is 6.42 Å². The van der Waals surface area contributed by atoms with Gasteiger partial charge in [-0.2, -0.15) is 0 Å². The van der Waals surface area contributed by atoms with Crippen LogP contribution < -0.4 is 15.4 Å². The molecule has 1 fully saturated rings. The highest BCUT2D eigenvalue weighted by Gasteiger charge is 2.17. The highest BCUT2D eigenvalue weighted by atomic mass is 35.5. The van der Waals surface area contributed by atoms with Gasteiger partial charge in [0.15, 0.2) is 0 Å². The molecule has 24 heavy (non-hydrogen) atoms. The molecule has 0 amide bonds. The summed E-state index contributed by atoms with van der Waals surface area (Å²) in [6, 6.07) is 2.11. The van der Waals surface area contributed by atoms with E-state index in [0.717, 1.165) is 75.6 Å². The Morgan fingerprint density at radius 3 is 2.75 bits per heavy atom. The van der Waals surface area contributed by atoms with Gasteiger partial charge < -0.3 is 20.1 Å². The zero-order valence-electron chi connectivity index (χ0n) is 14.3. The number of ether oxygens (including phenoxy) is 2. The third kappa shape index (κ3) is 5.66. The van der Waals surface area contributed by atoms with E-state index in [-0.39, 0.29) is 24.8 Å². The summed E-state index contributed by atoms with van der Waals surface area (Å²) in [5.41, 5.74) is 2.37. The molecule has 3 heterocycles. The number of fused-ring (bicyclic) bond motifs is 1. The second-order valence-corrected chi connectivity index (χ2v) is 6.14. The van der Waals surface area contributed by atoms with E-state index in [9.17, 15) is 0 Å². The van der Waals surface area contributed by atoms with Crippen molar-refractivity contribution in [2.45, 2.75) is 44.6 Å². The van der Waals surface area contributed by atoms with Crippen molar-refractivity contribution in [3.05, 3.63) is 17.3 Å². The van der Waals surface area contributed by atoms with Crippen LogP contribution in [0.25, 0.3) is 0 Å². The van der Waals surface area contributed by atoms with Gasteiger partial charge in [-0.25, -0.2) is 4.98 Å². The zero-order chi connectivity index (χ0) is 15.2. The second-order valence-electron chi connectivity index (χ2n) is 6.14. The van der Waals surface area contributed by atoms with Gasteiger partial charge in [0, 0.05) is 43.6 Å². The van der Waals surface area contributed by atoms with Crippen LogP contribution in [0.4, 0.5) is 5.82 Å². The first kappa shape index (κ1) is 21.3. The van der Waals surface area contributed by atoms with E-state index in [4.69, 9.17) is 14.5 Å². The lowest BCUT2D eigenvalue weighted by molar-refractivity contribution is 0.0170. The van der Waals surface area contributed by atoms with Crippen LogP contribution in [-0.4, -0.2) is 44.4 Å². The molecule has 1 saturated heterocycles. The highest BCUT2D eigenvalue weighted by Crippen LogP contribution is 2.30. The fourth-order valence-corrected chi connectivity index (χ4v) is 2.98. The third-order valence-corrected chi connectivity index (χ3v) is 4.43. The molecule has 2 N–H and O–H groups in total. The summed E-state index contributed by atoms with van der Waals surface area (Å²) in [7, 11) is 1.75. The number of pyridine rings is 1. The maximum atomic E-state index is 5.73. The van der Waals surface area contributed by atoms with Crippen molar-refractivity contribution in [3.63, 3.8) is 0 Å². The first-order chi connectivity index (χ1) is 10.9. The lowest BCUT2D eigenvalue weighted by Gasteiger charge is -2.27. The number of hydrogen-bond acceptors (Lipinski definition) is 5. The number of halogens is 2. The summed E-state index contributed by atoms with van der Waals surface area (Å²) >= 11 is 0. The summed E-state index contributed by atoms with van der Waals surface area (Å²) in [6.07, 6.45) is 7.16.